The molecule has 2 amide bonds. The lowest BCUT2D eigenvalue weighted by atomic mass is 10.1. The van der Waals surface area contributed by atoms with Gasteiger partial charge in [-0.15, -0.1) is 0 Å². The molecule has 28 heavy (non-hydrogen) atoms. The van der Waals surface area contributed by atoms with E-state index in [0.717, 1.165) is 11.0 Å². The molecule has 0 saturated carbocycles. The summed E-state index contributed by atoms with van der Waals surface area (Å²) in [6.07, 6.45) is 0. The van der Waals surface area contributed by atoms with Crippen molar-refractivity contribution in [2.75, 3.05) is 16.8 Å². The first-order valence-electron chi connectivity index (χ1n) is 7.99. The molecule has 0 spiro atoms. The summed E-state index contributed by atoms with van der Waals surface area (Å²) in [5.41, 5.74) is -0.931. The molecule has 2 heterocycles. The van der Waals surface area contributed by atoms with E-state index < -0.39 is 34.7 Å². The fraction of sp³-hybridized carbons (Fsp3) is 0.235. The second-order valence-electron chi connectivity index (χ2n) is 6.46. The van der Waals surface area contributed by atoms with Crippen LogP contribution in [0.15, 0.2) is 30.3 Å². The third-order valence-corrected chi connectivity index (χ3v) is 4.28. The molecule has 146 valence electrons. The smallest absolute Gasteiger partial charge is 0.366 e. The predicted octanol–water partition coefficient (Wildman–Crippen LogP) is 3.44. The fourth-order valence-corrected chi connectivity index (χ4v) is 3.18. The number of amides is 2. The number of benzene rings is 1. The number of fused-ring (bicyclic) bond motifs is 1. The Morgan fingerprint density at radius 1 is 1.29 bits per heavy atom. The molecule has 0 aliphatic carbocycles. The van der Waals surface area contributed by atoms with Gasteiger partial charge in [0.15, 0.2) is 11.4 Å². The van der Waals surface area contributed by atoms with Crippen LogP contribution < -0.4 is 15.0 Å². The maximum absolute atomic E-state index is 12.8. The van der Waals surface area contributed by atoms with Crippen LogP contribution in [0.3, 0.4) is 0 Å². The zero-order valence-electron chi connectivity index (χ0n) is 14.7. The van der Waals surface area contributed by atoms with Crippen LogP contribution in [0, 0.1) is 10.1 Å². The van der Waals surface area contributed by atoms with E-state index in [9.17, 15) is 19.7 Å². The zero-order chi connectivity index (χ0) is 20.6. The Labute approximate surface area is 169 Å². The van der Waals surface area contributed by atoms with Crippen molar-refractivity contribution in [2.24, 2.45) is 0 Å². The number of halogens is 2. The highest BCUT2D eigenvalue weighted by molar-refractivity contribution is 6.35. The van der Waals surface area contributed by atoms with E-state index in [1.54, 1.807) is 0 Å². The lowest BCUT2D eigenvalue weighted by Crippen LogP contribution is -2.54. The van der Waals surface area contributed by atoms with Crippen molar-refractivity contribution in [2.45, 2.75) is 19.4 Å². The number of carbonyl (C=O) groups is 2. The van der Waals surface area contributed by atoms with Gasteiger partial charge in [0.05, 0.1) is 0 Å². The number of nitro groups is 1. The number of nitrogens with zero attached hydrogens (tertiary/aromatic N) is 3. The minimum Gasteiger partial charge on any atom is -0.472 e. The molecule has 0 saturated heterocycles. The number of aromatic nitrogens is 1. The molecule has 11 heteroatoms. The average molecular weight is 425 g/mol. The zero-order valence-corrected chi connectivity index (χ0v) is 16.2. The van der Waals surface area contributed by atoms with Gasteiger partial charge in [0.1, 0.15) is 6.54 Å². The molecule has 2 aromatic rings. The van der Waals surface area contributed by atoms with Gasteiger partial charge in [-0.2, -0.15) is 0 Å². The highest BCUT2D eigenvalue weighted by Gasteiger charge is 2.45. The van der Waals surface area contributed by atoms with Crippen LogP contribution in [0.1, 0.15) is 13.8 Å². The van der Waals surface area contributed by atoms with Gasteiger partial charge in [0.25, 0.3) is 11.7 Å². The standard InChI is InChI=1S/C17H14Cl2N4O5/c1-17(2)16(25)22(15-12(28-17)3-4-13(21-15)23(26)27)8-14(24)20-11-6-9(18)5-10(19)7-11/h3-7H,8H2,1-2H3,(H,20,24). The maximum atomic E-state index is 12.8. The molecule has 9 nitrogen and oxygen atoms in total. The normalized spacial score (nSPS) is 14.9. The molecule has 1 aromatic heterocycles. The molecule has 3 rings (SSSR count). The number of rotatable bonds is 4. The van der Waals surface area contributed by atoms with Gasteiger partial charge in [0, 0.05) is 21.8 Å². The van der Waals surface area contributed by atoms with Crippen molar-refractivity contribution >= 4 is 52.3 Å². The summed E-state index contributed by atoms with van der Waals surface area (Å²) in [5, 5.41) is 14.3. The Morgan fingerprint density at radius 3 is 2.54 bits per heavy atom. The summed E-state index contributed by atoms with van der Waals surface area (Å²) >= 11 is 11.8. The van der Waals surface area contributed by atoms with Crippen LogP contribution in [0.2, 0.25) is 10.0 Å². The molecule has 0 unspecified atom stereocenters. The largest absolute Gasteiger partial charge is 0.472 e. The van der Waals surface area contributed by atoms with Crippen molar-refractivity contribution in [3.05, 3.63) is 50.5 Å². The molecule has 1 aliphatic heterocycles. The van der Waals surface area contributed by atoms with E-state index in [1.807, 2.05) is 0 Å². The highest BCUT2D eigenvalue weighted by atomic mass is 35.5. The number of hydrogen-bond donors (Lipinski definition) is 1. The number of carbonyl (C=O) groups excluding carboxylic acids is 2. The lowest BCUT2D eigenvalue weighted by molar-refractivity contribution is -0.389. The summed E-state index contributed by atoms with van der Waals surface area (Å²) in [4.78, 5) is 40.5. The fourth-order valence-electron chi connectivity index (χ4n) is 2.66. The van der Waals surface area contributed by atoms with Gasteiger partial charge in [-0.1, -0.05) is 23.2 Å². The van der Waals surface area contributed by atoms with Crippen LogP contribution in [0.4, 0.5) is 17.3 Å². The van der Waals surface area contributed by atoms with Gasteiger partial charge in [0.2, 0.25) is 5.91 Å². The van der Waals surface area contributed by atoms with E-state index >= 15 is 0 Å². The number of anilines is 2. The van der Waals surface area contributed by atoms with E-state index in [-0.39, 0.29) is 11.6 Å². The van der Waals surface area contributed by atoms with Crippen LogP contribution in [-0.2, 0) is 9.59 Å². The highest BCUT2D eigenvalue weighted by Crippen LogP contribution is 2.37. The number of pyridine rings is 1. The van der Waals surface area contributed by atoms with Crippen molar-refractivity contribution in [3.8, 4) is 5.75 Å². The van der Waals surface area contributed by atoms with Crippen molar-refractivity contribution in [1.82, 2.24) is 4.98 Å². The van der Waals surface area contributed by atoms with Crippen molar-refractivity contribution in [1.29, 1.82) is 0 Å². The lowest BCUT2D eigenvalue weighted by Gasteiger charge is -2.35. The molecule has 0 radical (unpaired) electrons. The second-order valence-corrected chi connectivity index (χ2v) is 7.33. The SMILES string of the molecule is CC1(C)Oc2ccc([N+](=O)[O-])nc2N(CC(=O)Nc2cc(Cl)cc(Cl)c2)C1=O. The topological polar surface area (TPSA) is 115 Å². The van der Waals surface area contributed by atoms with Crippen molar-refractivity contribution < 1.29 is 19.2 Å². The molecule has 0 fully saturated rings. The van der Waals surface area contributed by atoms with Crippen LogP contribution in [0.25, 0.3) is 0 Å². The summed E-state index contributed by atoms with van der Waals surface area (Å²) in [7, 11) is 0. The maximum Gasteiger partial charge on any atom is 0.366 e. The molecule has 0 atom stereocenters. The number of hydrogen-bond acceptors (Lipinski definition) is 6. The van der Waals surface area contributed by atoms with Crippen LogP contribution >= 0.6 is 23.2 Å². The van der Waals surface area contributed by atoms with Crippen LogP contribution in [-0.4, -0.2) is 33.9 Å². The second kappa shape index (κ2) is 7.25. The Bertz CT molecular complexity index is 975. The third-order valence-electron chi connectivity index (χ3n) is 3.84. The van der Waals surface area contributed by atoms with Crippen molar-refractivity contribution in [3.63, 3.8) is 0 Å². The quantitative estimate of drug-likeness (QED) is 0.593. The van der Waals surface area contributed by atoms with E-state index in [2.05, 4.69) is 10.3 Å². The number of ether oxygens (including phenoxy) is 1. The van der Waals surface area contributed by atoms with E-state index in [0.29, 0.717) is 15.7 Å². The van der Waals surface area contributed by atoms with E-state index in [1.165, 1.54) is 38.1 Å². The summed E-state index contributed by atoms with van der Waals surface area (Å²) in [6.45, 7) is 2.62. The summed E-state index contributed by atoms with van der Waals surface area (Å²) < 4.78 is 5.58. The monoisotopic (exact) mass is 424 g/mol. The Morgan fingerprint density at radius 2 is 1.93 bits per heavy atom. The molecule has 1 aliphatic rings. The minimum absolute atomic E-state index is 0.0993. The van der Waals surface area contributed by atoms with Gasteiger partial charge in [-0.3, -0.25) is 14.5 Å². The average Bonchev–Trinajstić information content (AvgIpc) is 2.57. The molecule has 1 aromatic carbocycles. The summed E-state index contributed by atoms with van der Waals surface area (Å²) in [5.74, 6) is -1.54. The van der Waals surface area contributed by atoms with Gasteiger partial charge in [-0.05, 0) is 48.0 Å². The van der Waals surface area contributed by atoms with E-state index in [4.69, 9.17) is 27.9 Å². The first-order valence-corrected chi connectivity index (χ1v) is 8.75. The molecular weight excluding hydrogens is 411 g/mol. The first kappa shape index (κ1) is 19.8. The van der Waals surface area contributed by atoms with Gasteiger partial charge < -0.3 is 20.2 Å². The van der Waals surface area contributed by atoms with Gasteiger partial charge in [-0.25, -0.2) is 0 Å². The Balaban J connectivity index is 1.91. The predicted molar refractivity (Wildman–Crippen MR) is 103 cm³/mol. The Hall–Kier alpha value is -2.91. The molecule has 0 bridgehead atoms. The third kappa shape index (κ3) is 4.00. The van der Waals surface area contributed by atoms with Gasteiger partial charge >= 0.3 is 5.82 Å². The van der Waals surface area contributed by atoms with Crippen LogP contribution in [0.5, 0.6) is 5.75 Å². The molecule has 1 N–H and O–H groups in total. The minimum atomic E-state index is -1.27. The Kier molecular flexibility index (Phi) is 5.14. The first-order chi connectivity index (χ1) is 13.1. The molecular formula is C17H14Cl2N4O5. The summed E-state index contributed by atoms with van der Waals surface area (Å²) in [6, 6.07) is 7.00. The number of nitrogens with one attached hydrogen (secondary N) is 1.